The van der Waals surface area contributed by atoms with Gasteiger partial charge < -0.3 is 10.2 Å². The van der Waals surface area contributed by atoms with Gasteiger partial charge in [-0.1, -0.05) is 18.0 Å². The van der Waals surface area contributed by atoms with Crippen LogP contribution in [0.5, 0.6) is 0 Å². The fraction of sp³-hybridized carbons (Fsp3) is 0.417. The second-order valence-corrected chi connectivity index (χ2v) is 4.86. The average Bonchev–Trinajstić information content (AvgIpc) is 2.54. The molecule has 1 aromatic carbocycles. The molecule has 0 spiro atoms. The van der Waals surface area contributed by atoms with E-state index in [0.717, 1.165) is 29.3 Å². The van der Waals surface area contributed by atoms with E-state index in [4.69, 9.17) is 21.8 Å². The molecule has 0 saturated heterocycles. The lowest BCUT2D eigenvalue weighted by Crippen LogP contribution is -2.13. The third kappa shape index (κ3) is 1.65. The molecule has 1 fully saturated rings. The number of nitrogen functional groups attached to an aromatic ring is 1. The maximum atomic E-state index is 5.93. The van der Waals surface area contributed by atoms with Crippen LogP contribution in [-0.4, -0.2) is 4.98 Å². The molecule has 0 atom stereocenters. The van der Waals surface area contributed by atoms with Gasteiger partial charge in [0.1, 0.15) is 5.52 Å². The molecular weight excluding hydrogens is 224 g/mol. The first kappa shape index (κ1) is 9.97. The highest BCUT2D eigenvalue weighted by Crippen LogP contribution is 2.31. The van der Waals surface area contributed by atoms with Crippen LogP contribution in [0.3, 0.4) is 0 Å². The summed E-state index contributed by atoms with van der Waals surface area (Å²) >= 11 is 5.93. The van der Waals surface area contributed by atoms with Crippen LogP contribution in [-0.2, 0) is 6.42 Å². The molecule has 0 radical (unpaired) electrons. The lowest BCUT2D eigenvalue weighted by Gasteiger charge is -2.23. The number of oxazole rings is 1. The van der Waals surface area contributed by atoms with E-state index >= 15 is 0 Å². The molecule has 1 saturated carbocycles. The number of nitrogens with zero attached hydrogens (tertiary/aromatic N) is 1. The van der Waals surface area contributed by atoms with E-state index in [1.54, 1.807) is 12.1 Å². The summed E-state index contributed by atoms with van der Waals surface area (Å²) in [6.07, 6.45) is 4.86. The summed E-state index contributed by atoms with van der Waals surface area (Å²) < 4.78 is 5.66. The van der Waals surface area contributed by atoms with Crippen LogP contribution in [0.4, 0.5) is 5.69 Å². The number of rotatable bonds is 2. The molecule has 2 N–H and O–H groups in total. The van der Waals surface area contributed by atoms with Crippen molar-refractivity contribution in [3.05, 3.63) is 23.0 Å². The largest absolute Gasteiger partial charge is 0.441 e. The summed E-state index contributed by atoms with van der Waals surface area (Å²) in [5.41, 5.74) is 7.79. The fourth-order valence-electron chi connectivity index (χ4n) is 2.04. The Balaban J connectivity index is 1.95. The minimum atomic E-state index is 0.538. The normalized spacial score (nSPS) is 16.6. The summed E-state index contributed by atoms with van der Waals surface area (Å²) in [6, 6.07) is 3.51. The number of aromatic nitrogens is 1. The number of halogens is 1. The summed E-state index contributed by atoms with van der Waals surface area (Å²) in [6.45, 7) is 0. The Hall–Kier alpha value is -1.22. The maximum Gasteiger partial charge on any atom is 0.195 e. The summed E-state index contributed by atoms with van der Waals surface area (Å²) in [7, 11) is 0. The summed E-state index contributed by atoms with van der Waals surface area (Å²) in [4.78, 5) is 4.43. The lowest BCUT2D eigenvalue weighted by molar-refractivity contribution is 0.293. The molecule has 0 unspecified atom stereocenters. The van der Waals surface area contributed by atoms with Crippen molar-refractivity contribution in [3.63, 3.8) is 0 Å². The SMILES string of the molecule is Nc1cc2oc(CC3CCC3)nc2cc1Cl. The molecule has 0 bridgehead atoms. The molecule has 4 heteroatoms. The standard InChI is InChI=1S/C12H13ClN2O/c13-8-5-10-11(6-9(8)14)16-12(15-10)4-7-2-1-3-7/h5-7H,1-4,14H2. The van der Waals surface area contributed by atoms with Crippen molar-refractivity contribution >= 4 is 28.4 Å². The smallest absolute Gasteiger partial charge is 0.195 e. The van der Waals surface area contributed by atoms with Gasteiger partial charge in [0.2, 0.25) is 0 Å². The summed E-state index contributed by atoms with van der Waals surface area (Å²) in [5.74, 6) is 1.56. The highest BCUT2D eigenvalue weighted by Gasteiger charge is 2.20. The highest BCUT2D eigenvalue weighted by molar-refractivity contribution is 6.33. The van der Waals surface area contributed by atoms with Gasteiger partial charge in [-0.3, -0.25) is 0 Å². The zero-order chi connectivity index (χ0) is 11.1. The summed E-state index contributed by atoms with van der Waals surface area (Å²) in [5, 5.41) is 0.538. The first-order valence-corrected chi connectivity index (χ1v) is 5.94. The molecule has 2 aromatic rings. The van der Waals surface area contributed by atoms with E-state index in [-0.39, 0.29) is 0 Å². The molecule has 3 rings (SSSR count). The van der Waals surface area contributed by atoms with Crippen molar-refractivity contribution in [3.8, 4) is 0 Å². The Morgan fingerprint density at radius 3 is 2.94 bits per heavy atom. The zero-order valence-corrected chi connectivity index (χ0v) is 9.63. The van der Waals surface area contributed by atoms with Crippen LogP contribution in [0.2, 0.25) is 5.02 Å². The van der Waals surface area contributed by atoms with Gasteiger partial charge in [0.25, 0.3) is 0 Å². The molecule has 0 aliphatic heterocycles. The van der Waals surface area contributed by atoms with Crippen LogP contribution in [0.25, 0.3) is 11.1 Å². The van der Waals surface area contributed by atoms with Gasteiger partial charge in [-0.2, -0.15) is 0 Å². The van der Waals surface area contributed by atoms with Crippen molar-refractivity contribution in [2.75, 3.05) is 5.73 Å². The van der Waals surface area contributed by atoms with E-state index in [2.05, 4.69) is 4.98 Å². The van der Waals surface area contributed by atoms with Crippen LogP contribution < -0.4 is 5.73 Å². The lowest BCUT2D eigenvalue weighted by atomic mass is 9.83. The zero-order valence-electron chi connectivity index (χ0n) is 8.87. The van der Waals surface area contributed by atoms with Gasteiger partial charge in [0, 0.05) is 12.5 Å². The van der Waals surface area contributed by atoms with E-state index in [1.165, 1.54) is 19.3 Å². The van der Waals surface area contributed by atoms with Gasteiger partial charge in [-0.05, 0) is 24.8 Å². The van der Waals surface area contributed by atoms with E-state index in [1.807, 2.05) is 0 Å². The van der Waals surface area contributed by atoms with E-state index < -0.39 is 0 Å². The first-order chi connectivity index (χ1) is 7.72. The van der Waals surface area contributed by atoms with Crippen molar-refractivity contribution in [1.82, 2.24) is 4.98 Å². The molecule has 84 valence electrons. The van der Waals surface area contributed by atoms with Crippen molar-refractivity contribution in [1.29, 1.82) is 0 Å². The van der Waals surface area contributed by atoms with Crippen molar-refractivity contribution in [2.24, 2.45) is 5.92 Å². The minimum Gasteiger partial charge on any atom is -0.441 e. The quantitative estimate of drug-likeness (QED) is 0.813. The molecule has 3 nitrogen and oxygen atoms in total. The maximum absolute atomic E-state index is 5.93. The van der Waals surface area contributed by atoms with Gasteiger partial charge in [-0.15, -0.1) is 0 Å². The van der Waals surface area contributed by atoms with Crippen LogP contribution in [0.1, 0.15) is 25.2 Å². The predicted molar refractivity (Wildman–Crippen MR) is 64.5 cm³/mol. The topological polar surface area (TPSA) is 52.0 Å². The van der Waals surface area contributed by atoms with Crippen LogP contribution in [0.15, 0.2) is 16.5 Å². The van der Waals surface area contributed by atoms with E-state index in [0.29, 0.717) is 10.7 Å². The second-order valence-electron chi connectivity index (χ2n) is 4.45. The van der Waals surface area contributed by atoms with Gasteiger partial charge in [0.05, 0.1) is 10.7 Å². The third-order valence-electron chi connectivity index (χ3n) is 3.24. The Morgan fingerprint density at radius 2 is 2.25 bits per heavy atom. The molecule has 1 aromatic heterocycles. The first-order valence-electron chi connectivity index (χ1n) is 5.57. The Bertz CT molecular complexity index is 492. The van der Waals surface area contributed by atoms with E-state index in [9.17, 15) is 0 Å². The van der Waals surface area contributed by atoms with Gasteiger partial charge >= 0.3 is 0 Å². The molecule has 16 heavy (non-hydrogen) atoms. The monoisotopic (exact) mass is 236 g/mol. The highest BCUT2D eigenvalue weighted by atomic mass is 35.5. The number of hydrogen-bond acceptors (Lipinski definition) is 3. The Morgan fingerprint density at radius 1 is 1.44 bits per heavy atom. The van der Waals surface area contributed by atoms with Crippen molar-refractivity contribution in [2.45, 2.75) is 25.7 Å². The van der Waals surface area contributed by atoms with Crippen LogP contribution in [0, 0.1) is 5.92 Å². The number of benzene rings is 1. The predicted octanol–water partition coefficient (Wildman–Crippen LogP) is 3.41. The second kappa shape index (κ2) is 3.67. The third-order valence-corrected chi connectivity index (χ3v) is 3.57. The van der Waals surface area contributed by atoms with Crippen molar-refractivity contribution < 1.29 is 4.42 Å². The molecular formula is C12H13ClN2O. The number of nitrogens with two attached hydrogens (primary N) is 1. The van der Waals surface area contributed by atoms with Crippen LogP contribution >= 0.6 is 11.6 Å². The molecule has 0 amide bonds. The van der Waals surface area contributed by atoms with Gasteiger partial charge in [0.15, 0.2) is 11.5 Å². The molecule has 1 aliphatic rings. The van der Waals surface area contributed by atoms with Gasteiger partial charge in [-0.25, -0.2) is 4.98 Å². The Kier molecular flexibility index (Phi) is 2.28. The number of hydrogen-bond donors (Lipinski definition) is 1. The Labute approximate surface area is 98.6 Å². The fourth-order valence-corrected chi connectivity index (χ4v) is 2.20. The molecule has 1 aliphatic carbocycles. The number of fused-ring (bicyclic) bond motifs is 1. The average molecular weight is 237 g/mol. The number of anilines is 1. The molecule has 1 heterocycles. The minimum absolute atomic E-state index is 0.538.